The molecule has 0 atom stereocenters. The smallest absolute Gasteiger partial charge is 0.255 e. The third kappa shape index (κ3) is 3.35. The fraction of sp³-hybridized carbons (Fsp3) is 0.455. The second-order valence-corrected chi connectivity index (χ2v) is 4.07. The maximum Gasteiger partial charge on any atom is 0.255 e. The summed E-state index contributed by atoms with van der Waals surface area (Å²) in [6.45, 7) is 3.23. The number of amides is 1. The van der Waals surface area contributed by atoms with Gasteiger partial charge in [-0.05, 0) is 19.4 Å². The van der Waals surface area contributed by atoms with E-state index in [1.54, 1.807) is 17.2 Å². The SMILES string of the molecule is CCN(CCCCl)C(=O)c1ccncc1Cl. The average Bonchev–Trinajstić information content (AvgIpc) is 2.30. The molecule has 1 aromatic rings. The zero-order valence-corrected chi connectivity index (χ0v) is 10.6. The van der Waals surface area contributed by atoms with E-state index < -0.39 is 0 Å². The second-order valence-electron chi connectivity index (χ2n) is 3.28. The van der Waals surface area contributed by atoms with Crippen LogP contribution in [0.25, 0.3) is 0 Å². The van der Waals surface area contributed by atoms with E-state index in [4.69, 9.17) is 23.2 Å². The van der Waals surface area contributed by atoms with Crippen molar-refractivity contribution in [2.24, 2.45) is 0 Å². The van der Waals surface area contributed by atoms with Crippen molar-refractivity contribution in [2.75, 3.05) is 19.0 Å². The fourth-order valence-corrected chi connectivity index (χ4v) is 1.69. The molecule has 0 aliphatic heterocycles. The molecule has 5 heteroatoms. The van der Waals surface area contributed by atoms with Gasteiger partial charge in [-0.3, -0.25) is 9.78 Å². The number of nitrogens with zero attached hydrogens (tertiary/aromatic N) is 2. The highest BCUT2D eigenvalue weighted by molar-refractivity contribution is 6.33. The van der Waals surface area contributed by atoms with E-state index in [9.17, 15) is 4.79 Å². The Morgan fingerprint density at radius 1 is 1.56 bits per heavy atom. The number of pyridine rings is 1. The lowest BCUT2D eigenvalue weighted by atomic mass is 10.2. The first-order chi connectivity index (χ1) is 7.70. The van der Waals surface area contributed by atoms with Crippen LogP contribution in [0, 0.1) is 0 Å². The number of carbonyl (C=O) groups is 1. The van der Waals surface area contributed by atoms with Gasteiger partial charge in [0.15, 0.2) is 0 Å². The van der Waals surface area contributed by atoms with Crippen LogP contribution in [0.3, 0.4) is 0 Å². The summed E-state index contributed by atoms with van der Waals surface area (Å²) in [6.07, 6.45) is 3.82. The molecule has 0 saturated carbocycles. The molecule has 0 bridgehead atoms. The van der Waals surface area contributed by atoms with Crippen LogP contribution in [0.1, 0.15) is 23.7 Å². The summed E-state index contributed by atoms with van der Waals surface area (Å²) in [5, 5.41) is 0.386. The molecule has 0 aromatic carbocycles. The molecule has 0 saturated heterocycles. The Kier molecular flexibility index (Phi) is 5.56. The maximum absolute atomic E-state index is 12.1. The first-order valence-corrected chi connectivity index (χ1v) is 6.06. The molecule has 1 amide bonds. The number of hydrogen-bond donors (Lipinski definition) is 0. The molecule has 1 rings (SSSR count). The van der Waals surface area contributed by atoms with Gasteiger partial charge >= 0.3 is 0 Å². The third-order valence-electron chi connectivity index (χ3n) is 2.23. The number of alkyl halides is 1. The van der Waals surface area contributed by atoms with Crippen LogP contribution in [-0.2, 0) is 0 Å². The van der Waals surface area contributed by atoms with Crippen molar-refractivity contribution < 1.29 is 4.79 Å². The van der Waals surface area contributed by atoms with Gasteiger partial charge in [0.05, 0.1) is 10.6 Å². The van der Waals surface area contributed by atoms with Crippen molar-refractivity contribution in [3.63, 3.8) is 0 Å². The zero-order chi connectivity index (χ0) is 12.0. The number of aromatic nitrogens is 1. The van der Waals surface area contributed by atoms with Crippen molar-refractivity contribution in [3.8, 4) is 0 Å². The molecule has 0 unspecified atom stereocenters. The Hall–Kier alpha value is -0.800. The number of halogens is 2. The van der Waals surface area contributed by atoms with E-state index >= 15 is 0 Å². The van der Waals surface area contributed by atoms with Gasteiger partial charge in [0, 0.05) is 31.4 Å². The van der Waals surface area contributed by atoms with Crippen molar-refractivity contribution in [3.05, 3.63) is 29.0 Å². The van der Waals surface area contributed by atoms with Gasteiger partial charge in [-0.1, -0.05) is 11.6 Å². The minimum atomic E-state index is -0.0694. The summed E-state index contributed by atoms with van der Waals surface area (Å²) in [6, 6.07) is 1.63. The second kappa shape index (κ2) is 6.71. The Bertz CT molecular complexity index is 358. The molecule has 0 aliphatic rings. The van der Waals surface area contributed by atoms with E-state index in [2.05, 4.69) is 4.98 Å². The zero-order valence-electron chi connectivity index (χ0n) is 9.12. The summed E-state index contributed by atoms with van der Waals surface area (Å²) in [7, 11) is 0. The molecule has 0 spiro atoms. The molecule has 88 valence electrons. The van der Waals surface area contributed by atoms with Gasteiger partial charge in [0.2, 0.25) is 0 Å². The molecular weight excluding hydrogens is 247 g/mol. The third-order valence-corrected chi connectivity index (χ3v) is 2.80. The minimum Gasteiger partial charge on any atom is -0.339 e. The van der Waals surface area contributed by atoms with Crippen LogP contribution >= 0.6 is 23.2 Å². The van der Waals surface area contributed by atoms with E-state index in [-0.39, 0.29) is 5.91 Å². The Balaban J connectivity index is 2.79. The van der Waals surface area contributed by atoms with Crippen LogP contribution in [0.2, 0.25) is 5.02 Å². The lowest BCUT2D eigenvalue weighted by Crippen LogP contribution is -2.32. The molecule has 0 aliphatic carbocycles. The highest BCUT2D eigenvalue weighted by atomic mass is 35.5. The number of carbonyl (C=O) groups excluding carboxylic acids is 1. The molecule has 3 nitrogen and oxygen atoms in total. The first-order valence-electron chi connectivity index (χ1n) is 5.15. The van der Waals surface area contributed by atoms with Gasteiger partial charge in [-0.15, -0.1) is 11.6 Å². The molecule has 16 heavy (non-hydrogen) atoms. The van der Waals surface area contributed by atoms with Gasteiger partial charge in [0.25, 0.3) is 5.91 Å². The van der Waals surface area contributed by atoms with E-state index in [0.29, 0.717) is 29.6 Å². The Morgan fingerprint density at radius 2 is 2.31 bits per heavy atom. The predicted molar refractivity (Wildman–Crippen MR) is 66.2 cm³/mol. The Labute approximate surface area is 105 Å². The molecular formula is C11H14Cl2N2O. The summed E-state index contributed by atoms with van der Waals surface area (Å²) in [4.78, 5) is 17.6. The summed E-state index contributed by atoms with van der Waals surface area (Å²) < 4.78 is 0. The topological polar surface area (TPSA) is 33.2 Å². The number of hydrogen-bond acceptors (Lipinski definition) is 2. The van der Waals surface area contributed by atoms with Crippen LogP contribution in [0.4, 0.5) is 0 Å². The predicted octanol–water partition coefficient (Wildman–Crippen LogP) is 2.83. The quantitative estimate of drug-likeness (QED) is 0.763. The molecule has 0 N–H and O–H groups in total. The van der Waals surface area contributed by atoms with Gasteiger partial charge in [-0.25, -0.2) is 0 Å². The van der Waals surface area contributed by atoms with E-state index in [0.717, 1.165) is 6.42 Å². The highest BCUT2D eigenvalue weighted by Gasteiger charge is 2.16. The molecule has 1 heterocycles. The summed E-state index contributed by atoms with van der Waals surface area (Å²) in [5.41, 5.74) is 0.494. The summed E-state index contributed by atoms with van der Waals surface area (Å²) >= 11 is 11.5. The van der Waals surface area contributed by atoms with Crippen LogP contribution in [-0.4, -0.2) is 34.8 Å². The monoisotopic (exact) mass is 260 g/mol. The maximum atomic E-state index is 12.1. The lowest BCUT2D eigenvalue weighted by molar-refractivity contribution is 0.0765. The highest BCUT2D eigenvalue weighted by Crippen LogP contribution is 2.15. The van der Waals surface area contributed by atoms with Crippen LogP contribution in [0.5, 0.6) is 0 Å². The largest absolute Gasteiger partial charge is 0.339 e. The van der Waals surface area contributed by atoms with Crippen molar-refractivity contribution in [1.29, 1.82) is 0 Å². The van der Waals surface area contributed by atoms with Gasteiger partial charge in [-0.2, -0.15) is 0 Å². The van der Waals surface area contributed by atoms with Crippen molar-refractivity contribution in [2.45, 2.75) is 13.3 Å². The lowest BCUT2D eigenvalue weighted by Gasteiger charge is -2.20. The molecule has 1 aromatic heterocycles. The number of rotatable bonds is 5. The van der Waals surface area contributed by atoms with E-state index in [1.165, 1.54) is 6.20 Å². The normalized spacial score (nSPS) is 10.2. The fourth-order valence-electron chi connectivity index (χ4n) is 1.37. The van der Waals surface area contributed by atoms with Crippen LogP contribution < -0.4 is 0 Å². The molecule has 0 radical (unpaired) electrons. The Morgan fingerprint density at radius 3 is 2.88 bits per heavy atom. The molecule has 0 fully saturated rings. The van der Waals surface area contributed by atoms with Crippen molar-refractivity contribution >= 4 is 29.1 Å². The van der Waals surface area contributed by atoms with Crippen LogP contribution in [0.15, 0.2) is 18.5 Å². The van der Waals surface area contributed by atoms with E-state index in [1.807, 2.05) is 6.92 Å². The minimum absolute atomic E-state index is 0.0694. The summed E-state index contributed by atoms with van der Waals surface area (Å²) in [5.74, 6) is 0.480. The van der Waals surface area contributed by atoms with Crippen molar-refractivity contribution in [1.82, 2.24) is 9.88 Å². The average molecular weight is 261 g/mol. The van der Waals surface area contributed by atoms with Gasteiger partial charge < -0.3 is 4.90 Å². The standard InChI is InChI=1S/C11H14Cl2N2O/c1-2-15(7-3-5-12)11(16)9-4-6-14-8-10(9)13/h4,6,8H,2-3,5,7H2,1H3. The van der Waals surface area contributed by atoms with Gasteiger partial charge in [0.1, 0.15) is 0 Å². The first kappa shape index (κ1) is 13.3.